The van der Waals surface area contributed by atoms with Gasteiger partial charge in [-0.1, -0.05) is 59.6 Å². The number of nitrogens with one attached hydrogen (secondary N) is 1. The Balaban J connectivity index is 0.000000409. The minimum atomic E-state index is -1.82. The highest BCUT2D eigenvalue weighted by Crippen LogP contribution is 2.24. The van der Waals surface area contributed by atoms with E-state index >= 15 is 0 Å². The van der Waals surface area contributed by atoms with Crippen molar-refractivity contribution in [1.82, 2.24) is 9.55 Å². The van der Waals surface area contributed by atoms with Crippen molar-refractivity contribution in [2.75, 3.05) is 5.32 Å². The molecule has 1 aromatic heterocycles. The van der Waals surface area contributed by atoms with Crippen LogP contribution in [0.2, 0.25) is 10.0 Å². The Labute approximate surface area is 171 Å². The van der Waals surface area contributed by atoms with E-state index in [0.717, 1.165) is 22.8 Å². The predicted molar refractivity (Wildman–Crippen MR) is 108 cm³/mol. The highest BCUT2D eigenvalue weighted by molar-refractivity contribution is 6.42. The molecule has 28 heavy (non-hydrogen) atoms. The fourth-order valence-corrected chi connectivity index (χ4v) is 2.60. The minimum absolute atomic E-state index is 0.561. The Bertz CT molecular complexity index is 963. The molecule has 2 aromatic carbocycles. The second-order valence-corrected chi connectivity index (χ2v) is 6.42. The molecule has 0 saturated heterocycles. The smallest absolute Gasteiger partial charge is 0.414 e. The molecule has 0 aliphatic heterocycles. The van der Waals surface area contributed by atoms with Crippen LogP contribution < -0.4 is 5.32 Å². The second-order valence-electron chi connectivity index (χ2n) is 5.60. The number of carboxylic acids is 2. The van der Waals surface area contributed by atoms with Gasteiger partial charge < -0.3 is 20.1 Å². The second kappa shape index (κ2) is 9.77. The molecule has 0 unspecified atom stereocenters. The van der Waals surface area contributed by atoms with Crippen LogP contribution in [0.15, 0.2) is 54.7 Å². The monoisotopic (exact) mass is 421 g/mol. The van der Waals surface area contributed by atoms with Crippen LogP contribution in [-0.2, 0) is 23.2 Å². The lowest BCUT2D eigenvalue weighted by atomic mass is 10.2. The van der Waals surface area contributed by atoms with Crippen molar-refractivity contribution in [1.29, 1.82) is 0 Å². The predicted octanol–water partition coefficient (Wildman–Crippen LogP) is 4.16. The molecule has 0 bridgehead atoms. The summed E-state index contributed by atoms with van der Waals surface area (Å²) >= 11 is 12.0. The van der Waals surface area contributed by atoms with E-state index in [4.69, 9.17) is 43.0 Å². The van der Waals surface area contributed by atoms with Gasteiger partial charge in [-0.3, -0.25) is 0 Å². The summed E-state index contributed by atoms with van der Waals surface area (Å²) in [7, 11) is 1.99. The number of hydrogen-bond donors (Lipinski definition) is 3. The van der Waals surface area contributed by atoms with E-state index in [1.807, 2.05) is 48.1 Å². The van der Waals surface area contributed by atoms with Gasteiger partial charge in [-0.25, -0.2) is 14.6 Å². The van der Waals surface area contributed by atoms with Gasteiger partial charge in [0.15, 0.2) is 0 Å². The zero-order valence-electron chi connectivity index (χ0n) is 14.8. The van der Waals surface area contributed by atoms with E-state index in [1.165, 1.54) is 0 Å². The lowest BCUT2D eigenvalue weighted by Gasteiger charge is -2.09. The topological polar surface area (TPSA) is 104 Å². The summed E-state index contributed by atoms with van der Waals surface area (Å²) in [6.07, 6.45) is 1.87. The third kappa shape index (κ3) is 5.73. The molecule has 9 heteroatoms. The van der Waals surface area contributed by atoms with Gasteiger partial charge in [0.2, 0.25) is 5.95 Å². The van der Waals surface area contributed by atoms with E-state index in [9.17, 15) is 0 Å². The van der Waals surface area contributed by atoms with Crippen LogP contribution in [0.4, 0.5) is 5.95 Å². The normalized spacial score (nSPS) is 9.96. The summed E-state index contributed by atoms with van der Waals surface area (Å²) in [4.78, 5) is 22.6. The molecule has 0 saturated carbocycles. The van der Waals surface area contributed by atoms with Crippen molar-refractivity contribution in [3.8, 4) is 11.3 Å². The maximum atomic E-state index is 9.10. The number of carbonyl (C=O) groups is 2. The van der Waals surface area contributed by atoms with Crippen molar-refractivity contribution in [3.05, 3.63) is 70.3 Å². The molecule has 3 aromatic rings. The molecular formula is C19H17Cl2N3O4. The Morgan fingerprint density at radius 1 is 1.04 bits per heavy atom. The van der Waals surface area contributed by atoms with Gasteiger partial charge in [0.1, 0.15) is 0 Å². The van der Waals surface area contributed by atoms with Crippen LogP contribution in [0.5, 0.6) is 0 Å². The summed E-state index contributed by atoms with van der Waals surface area (Å²) < 4.78 is 2.03. The van der Waals surface area contributed by atoms with Crippen molar-refractivity contribution in [2.45, 2.75) is 6.54 Å². The number of nitrogens with zero attached hydrogens (tertiary/aromatic N) is 2. The van der Waals surface area contributed by atoms with Crippen LogP contribution in [0.3, 0.4) is 0 Å². The van der Waals surface area contributed by atoms with Crippen LogP contribution >= 0.6 is 23.2 Å². The lowest BCUT2D eigenvalue weighted by Crippen LogP contribution is -2.09. The number of imidazole rings is 1. The summed E-state index contributed by atoms with van der Waals surface area (Å²) in [5.41, 5.74) is 3.26. The highest BCUT2D eigenvalue weighted by atomic mass is 35.5. The molecule has 0 aliphatic rings. The van der Waals surface area contributed by atoms with E-state index in [-0.39, 0.29) is 0 Å². The van der Waals surface area contributed by atoms with Gasteiger partial charge in [0.05, 0.1) is 21.9 Å². The van der Waals surface area contributed by atoms with Crippen molar-refractivity contribution >= 4 is 41.1 Å². The Morgan fingerprint density at radius 3 is 2.25 bits per heavy atom. The van der Waals surface area contributed by atoms with Gasteiger partial charge in [0.25, 0.3) is 0 Å². The molecule has 3 N–H and O–H groups in total. The number of rotatable bonds is 4. The third-order valence-corrected chi connectivity index (χ3v) is 4.41. The molecule has 0 amide bonds. The molecule has 0 atom stereocenters. The first kappa shape index (κ1) is 21.3. The largest absolute Gasteiger partial charge is 0.473 e. The zero-order valence-corrected chi connectivity index (χ0v) is 16.3. The Hall–Kier alpha value is -3.03. The van der Waals surface area contributed by atoms with Crippen LogP contribution in [0, 0.1) is 0 Å². The summed E-state index contributed by atoms with van der Waals surface area (Å²) in [5.74, 6) is -2.84. The fraction of sp³-hybridized carbons (Fsp3) is 0.105. The van der Waals surface area contributed by atoms with Crippen molar-refractivity contribution < 1.29 is 19.8 Å². The number of carboxylic acid groups (broad SMARTS) is 2. The molecule has 3 rings (SSSR count). The highest BCUT2D eigenvalue weighted by Gasteiger charge is 2.08. The molecule has 0 fully saturated rings. The SMILES string of the molecule is Cn1c(-c2ccccc2)cnc1NCc1ccc(Cl)c(Cl)c1.O=C(O)C(=O)O. The van der Waals surface area contributed by atoms with E-state index in [2.05, 4.69) is 22.4 Å². The molecule has 1 heterocycles. The summed E-state index contributed by atoms with van der Waals surface area (Å²) in [5, 5.41) is 19.2. The molecule has 0 spiro atoms. The maximum absolute atomic E-state index is 9.10. The van der Waals surface area contributed by atoms with Crippen molar-refractivity contribution in [3.63, 3.8) is 0 Å². The van der Waals surface area contributed by atoms with Gasteiger partial charge >= 0.3 is 11.9 Å². The number of anilines is 1. The fourth-order valence-electron chi connectivity index (χ4n) is 2.28. The lowest BCUT2D eigenvalue weighted by molar-refractivity contribution is -0.159. The minimum Gasteiger partial charge on any atom is -0.473 e. The number of aromatic nitrogens is 2. The van der Waals surface area contributed by atoms with Crippen LogP contribution in [0.1, 0.15) is 5.56 Å². The van der Waals surface area contributed by atoms with E-state index in [0.29, 0.717) is 16.6 Å². The number of halogens is 2. The average Bonchev–Trinajstić information content (AvgIpc) is 3.04. The zero-order chi connectivity index (χ0) is 20.7. The average molecular weight is 422 g/mol. The quantitative estimate of drug-likeness (QED) is 0.546. The van der Waals surface area contributed by atoms with Crippen LogP contribution in [0.25, 0.3) is 11.3 Å². The summed E-state index contributed by atoms with van der Waals surface area (Å²) in [6.45, 7) is 0.635. The standard InChI is InChI=1S/C17H15Cl2N3.C2H2O4/c1-22-16(13-5-3-2-4-6-13)11-21-17(22)20-10-12-7-8-14(18)15(19)9-12;3-1(4)2(5)6/h2-9,11H,10H2,1H3,(H,20,21);(H,3,4)(H,5,6). The van der Waals surface area contributed by atoms with E-state index in [1.54, 1.807) is 6.07 Å². The van der Waals surface area contributed by atoms with Crippen LogP contribution in [-0.4, -0.2) is 31.7 Å². The number of hydrogen-bond acceptors (Lipinski definition) is 4. The first-order valence-electron chi connectivity index (χ1n) is 8.00. The Kier molecular flexibility index (Phi) is 7.43. The van der Waals surface area contributed by atoms with Crippen molar-refractivity contribution in [2.24, 2.45) is 7.05 Å². The maximum Gasteiger partial charge on any atom is 0.414 e. The molecule has 7 nitrogen and oxygen atoms in total. The number of aliphatic carboxylic acids is 2. The first-order chi connectivity index (χ1) is 13.3. The van der Waals surface area contributed by atoms with Gasteiger partial charge in [0, 0.05) is 13.6 Å². The van der Waals surface area contributed by atoms with E-state index < -0.39 is 11.9 Å². The van der Waals surface area contributed by atoms with Gasteiger partial charge in [-0.05, 0) is 23.3 Å². The molecule has 146 valence electrons. The molecule has 0 aliphatic carbocycles. The third-order valence-electron chi connectivity index (χ3n) is 3.68. The molecule has 0 radical (unpaired) electrons. The van der Waals surface area contributed by atoms with Gasteiger partial charge in [-0.15, -0.1) is 0 Å². The number of benzene rings is 2. The first-order valence-corrected chi connectivity index (χ1v) is 8.76. The Morgan fingerprint density at radius 2 is 1.68 bits per heavy atom. The summed E-state index contributed by atoms with van der Waals surface area (Å²) in [6, 6.07) is 15.8. The molecular weight excluding hydrogens is 405 g/mol. The van der Waals surface area contributed by atoms with Gasteiger partial charge in [-0.2, -0.15) is 0 Å².